The number of sulfonamides is 1. The van der Waals surface area contributed by atoms with Crippen LogP contribution in [0.4, 0.5) is 0 Å². The van der Waals surface area contributed by atoms with Gasteiger partial charge in [0, 0.05) is 5.02 Å². The third-order valence-electron chi connectivity index (χ3n) is 2.34. The fourth-order valence-electron chi connectivity index (χ4n) is 1.46. The molecule has 6 heteroatoms. The number of benzene rings is 1. The summed E-state index contributed by atoms with van der Waals surface area (Å²) in [5.41, 5.74) is 0. The van der Waals surface area contributed by atoms with Gasteiger partial charge in [0.05, 0.1) is 11.4 Å². The Kier molecular flexibility index (Phi) is 3.75. The molecule has 0 saturated heterocycles. The molecule has 0 amide bonds. The van der Waals surface area contributed by atoms with E-state index >= 15 is 0 Å². The zero-order valence-electron chi connectivity index (χ0n) is 9.68. The molecule has 0 saturated carbocycles. The van der Waals surface area contributed by atoms with Crippen molar-refractivity contribution >= 4 is 21.6 Å². The molecule has 0 unspecified atom stereocenters. The second-order valence-corrected chi connectivity index (χ2v) is 6.00. The van der Waals surface area contributed by atoms with Gasteiger partial charge in [-0.05, 0) is 37.3 Å². The lowest BCUT2D eigenvalue weighted by Gasteiger charge is -2.05. The van der Waals surface area contributed by atoms with Crippen molar-refractivity contribution in [3.8, 4) is 0 Å². The molecule has 1 aromatic heterocycles. The Bertz CT molecular complexity index is 649. The minimum absolute atomic E-state index is 0.114. The van der Waals surface area contributed by atoms with Gasteiger partial charge in [-0.25, -0.2) is 13.1 Å². The van der Waals surface area contributed by atoms with E-state index in [4.69, 9.17) is 16.0 Å². The molecule has 2 aromatic rings. The SMILES string of the molecule is Cc1ccc(CNS(=O)(=O)c2cccc(Cl)c2)o1. The topological polar surface area (TPSA) is 59.3 Å². The largest absolute Gasteiger partial charge is 0.465 e. The van der Waals surface area contributed by atoms with Crippen LogP contribution in [0.2, 0.25) is 5.02 Å². The van der Waals surface area contributed by atoms with Gasteiger partial charge in [0.25, 0.3) is 0 Å². The fraction of sp³-hybridized carbons (Fsp3) is 0.167. The summed E-state index contributed by atoms with van der Waals surface area (Å²) in [6.07, 6.45) is 0. The Hall–Kier alpha value is -1.30. The predicted octanol–water partition coefficient (Wildman–Crippen LogP) is 2.72. The van der Waals surface area contributed by atoms with Gasteiger partial charge < -0.3 is 4.42 Å². The van der Waals surface area contributed by atoms with Crippen molar-refractivity contribution in [2.75, 3.05) is 0 Å². The van der Waals surface area contributed by atoms with E-state index in [2.05, 4.69) is 4.72 Å². The summed E-state index contributed by atoms with van der Waals surface area (Å²) >= 11 is 5.76. The lowest BCUT2D eigenvalue weighted by molar-refractivity contribution is 0.475. The maximum atomic E-state index is 12.0. The summed E-state index contributed by atoms with van der Waals surface area (Å²) in [5.74, 6) is 1.31. The summed E-state index contributed by atoms with van der Waals surface area (Å²) in [6.45, 7) is 1.91. The molecule has 0 spiro atoms. The second-order valence-electron chi connectivity index (χ2n) is 3.79. The molecule has 0 aliphatic rings. The highest BCUT2D eigenvalue weighted by molar-refractivity contribution is 7.89. The monoisotopic (exact) mass is 285 g/mol. The van der Waals surface area contributed by atoms with E-state index in [-0.39, 0.29) is 11.4 Å². The first kappa shape index (κ1) is 13.1. The fourth-order valence-corrected chi connectivity index (χ4v) is 2.76. The van der Waals surface area contributed by atoms with Crippen LogP contribution >= 0.6 is 11.6 Å². The van der Waals surface area contributed by atoms with Crippen molar-refractivity contribution in [3.63, 3.8) is 0 Å². The van der Waals surface area contributed by atoms with E-state index in [1.54, 1.807) is 31.2 Å². The Labute approximate surface area is 111 Å². The van der Waals surface area contributed by atoms with Crippen molar-refractivity contribution in [2.24, 2.45) is 0 Å². The van der Waals surface area contributed by atoms with Crippen LogP contribution in [0.25, 0.3) is 0 Å². The summed E-state index contributed by atoms with van der Waals surface area (Å²) in [6, 6.07) is 9.61. The van der Waals surface area contributed by atoms with Crippen LogP contribution in [0.1, 0.15) is 11.5 Å². The van der Waals surface area contributed by atoms with Crippen LogP contribution in [-0.2, 0) is 16.6 Å². The first-order valence-electron chi connectivity index (χ1n) is 5.28. The first-order valence-corrected chi connectivity index (χ1v) is 7.14. The van der Waals surface area contributed by atoms with Crippen LogP contribution in [0.3, 0.4) is 0 Å². The van der Waals surface area contributed by atoms with E-state index in [1.165, 1.54) is 12.1 Å². The smallest absolute Gasteiger partial charge is 0.241 e. The van der Waals surface area contributed by atoms with E-state index in [1.807, 2.05) is 0 Å². The highest BCUT2D eigenvalue weighted by Crippen LogP contribution is 2.16. The van der Waals surface area contributed by atoms with Crippen molar-refractivity contribution in [1.29, 1.82) is 0 Å². The lowest BCUT2D eigenvalue weighted by Crippen LogP contribution is -2.22. The molecule has 0 bridgehead atoms. The van der Waals surface area contributed by atoms with Crippen LogP contribution in [-0.4, -0.2) is 8.42 Å². The average molecular weight is 286 g/mol. The normalized spacial score (nSPS) is 11.7. The molecule has 2 rings (SSSR count). The molecule has 0 fully saturated rings. The third-order valence-corrected chi connectivity index (χ3v) is 3.97. The zero-order valence-corrected chi connectivity index (χ0v) is 11.3. The Morgan fingerprint density at radius 3 is 2.67 bits per heavy atom. The molecular formula is C12H12ClNO3S. The molecular weight excluding hydrogens is 274 g/mol. The van der Waals surface area contributed by atoms with Gasteiger partial charge in [0.2, 0.25) is 10.0 Å². The van der Waals surface area contributed by atoms with Crippen molar-refractivity contribution < 1.29 is 12.8 Å². The first-order chi connectivity index (χ1) is 8.47. The molecule has 1 N–H and O–H groups in total. The summed E-state index contributed by atoms with van der Waals surface area (Å²) in [5, 5.41) is 0.381. The second kappa shape index (κ2) is 5.14. The van der Waals surface area contributed by atoms with Gasteiger partial charge in [0.15, 0.2) is 0 Å². The Balaban J connectivity index is 2.13. The predicted molar refractivity (Wildman–Crippen MR) is 68.9 cm³/mol. The maximum Gasteiger partial charge on any atom is 0.241 e. The summed E-state index contributed by atoms with van der Waals surface area (Å²) < 4.78 is 31.6. The van der Waals surface area contributed by atoms with E-state index < -0.39 is 10.0 Å². The van der Waals surface area contributed by atoms with E-state index in [9.17, 15) is 8.42 Å². The standard InChI is InChI=1S/C12H12ClNO3S/c1-9-5-6-11(17-9)8-14-18(15,16)12-4-2-3-10(13)7-12/h2-7,14H,8H2,1H3. The van der Waals surface area contributed by atoms with Gasteiger partial charge in [-0.1, -0.05) is 17.7 Å². The molecule has 1 heterocycles. The number of furan rings is 1. The number of rotatable bonds is 4. The molecule has 18 heavy (non-hydrogen) atoms. The summed E-state index contributed by atoms with van der Waals surface area (Å²) in [7, 11) is -3.57. The number of hydrogen-bond acceptors (Lipinski definition) is 3. The maximum absolute atomic E-state index is 12.0. The Morgan fingerprint density at radius 1 is 1.28 bits per heavy atom. The highest BCUT2D eigenvalue weighted by Gasteiger charge is 2.14. The number of halogens is 1. The quantitative estimate of drug-likeness (QED) is 0.939. The van der Waals surface area contributed by atoms with Gasteiger partial charge in [0.1, 0.15) is 11.5 Å². The van der Waals surface area contributed by atoms with Crippen LogP contribution in [0, 0.1) is 6.92 Å². The van der Waals surface area contributed by atoms with E-state index in [0.29, 0.717) is 10.8 Å². The van der Waals surface area contributed by atoms with Gasteiger partial charge >= 0.3 is 0 Å². The molecule has 1 aromatic carbocycles. The number of hydrogen-bond donors (Lipinski definition) is 1. The molecule has 0 radical (unpaired) electrons. The average Bonchev–Trinajstić information content (AvgIpc) is 2.73. The molecule has 0 atom stereocenters. The van der Waals surface area contributed by atoms with Gasteiger partial charge in [-0.15, -0.1) is 0 Å². The van der Waals surface area contributed by atoms with E-state index in [0.717, 1.165) is 5.76 Å². The van der Waals surface area contributed by atoms with Crippen molar-refractivity contribution in [1.82, 2.24) is 4.72 Å². The Morgan fingerprint density at radius 2 is 2.06 bits per heavy atom. The van der Waals surface area contributed by atoms with Crippen LogP contribution in [0.15, 0.2) is 45.7 Å². The van der Waals surface area contributed by atoms with Crippen molar-refractivity contribution in [2.45, 2.75) is 18.4 Å². The third kappa shape index (κ3) is 3.13. The van der Waals surface area contributed by atoms with Gasteiger partial charge in [-0.3, -0.25) is 0 Å². The highest BCUT2D eigenvalue weighted by atomic mass is 35.5. The minimum atomic E-state index is -3.57. The lowest BCUT2D eigenvalue weighted by atomic mass is 10.4. The number of aryl methyl sites for hydroxylation is 1. The molecule has 96 valence electrons. The van der Waals surface area contributed by atoms with Crippen LogP contribution < -0.4 is 4.72 Å². The molecule has 0 aliphatic carbocycles. The summed E-state index contributed by atoms with van der Waals surface area (Å²) in [4.78, 5) is 0.137. The minimum Gasteiger partial charge on any atom is -0.465 e. The number of nitrogens with one attached hydrogen (secondary N) is 1. The van der Waals surface area contributed by atoms with Crippen LogP contribution in [0.5, 0.6) is 0 Å². The van der Waals surface area contributed by atoms with Gasteiger partial charge in [-0.2, -0.15) is 0 Å². The zero-order chi connectivity index (χ0) is 13.2. The molecule has 4 nitrogen and oxygen atoms in total. The molecule has 0 aliphatic heterocycles. The van der Waals surface area contributed by atoms with Crippen molar-refractivity contribution in [3.05, 3.63) is 52.9 Å².